The first-order valence-corrected chi connectivity index (χ1v) is 6.69. The number of rotatable bonds is 5. The molecule has 6 nitrogen and oxygen atoms in total. The largest absolute Gasteiger partial charge is 0.480 e. The number of hydrogen-bond donors (Lipinski definition) is 1. The van der Waals surface area contributed by atoms with Gasteiger partial charge in [-0.05, 0) is 12.8 Å². The summed E-state index contributed by atoms with van der Waals surface area (Å²) in [5.41, 5.74) is -0.470. The molecule has 0 bridgehead atoms. The van der Waals surface area contributed by atoms with Gasteiger partial charge in [0.25, 0.3) is 0 Å². The predicted molar refractivity (Wildman–Crippen MR) is 65.3 cm³/mol. The molecular formula is C13H19NO5. The van der Waals surface area contributed by atoms with Gasteiger partial charge in [0.1, 0.15) is 6.61 Å². The van der Waals surface area contributed by atoms with Crippen LogP contribution in [0.25, 0.3) is 0 Å². The lowest BCUT2D eigenvalue weighted by Crippen LogP contribution is -2.38. The van der Waals surface area contributed by atoms with Gasteiger partial charge in [0.05, 0.1) is 18.6 Å². The third kappa shape index (κ3) is 2.94. The van der Waals surface area contributed by atoms with Gasteiger partial charge in [-0.3, -0.25) is 14.5 Å². The molecule has 2 aliphatic rings. The van der Waals surface area contributed by atoms with Crippen LogP contribution in [0.2, 0.25) is 0 Å². The summed E-state index contributed by atoms with van der Waals surface area (Å²) >= 11 is 0. The van der Waals surface area contributed by atoms with Crippen molar-refractivity contribution in [1.29, 1.82) is 0 Å². The fourth-order valence-electron chi connectivity index (χ4n) is 3.02. The molecule has 1 spiro atoms. The Morgan fingerprint density at radius 2 is 1.95 bits per heavy atom. The Balaban J connectivity index is 1.89. The first-order valence-electron chi connectivity index (χ1n) is 6.69. The fraction of sp³-hybridized carbons (Fsp3) is 0.769. The van der Waals surface area contributed by atoms with Crippen molar-refractivity contribution in [2.75, 3.05) is 19.8 Å². The molecule has 0 unspecified atom stereocenters. The van der Waals surface area contributed by atoms with Gasteiger partial charge in [-0.25, -0.2) is 4.79 Å². The third-order valence-electron chi connectivity index (χ3n) is 3.98. The minimum Gasteiger partial charge on any atom is -0.480 e. The van der Waals surface area contributed by atoms with Gasteiger partial charge in [0, 0.05) is 6.42 Å². The van der Waals surface area contributed by atoms with E-state index in [1.807, 2.05) is 0 Å². The van der Waals surface area contributed by atoms with Crippen LogP contribution in [0.5, 0.6) is 0 Å². The van der Waals surface area contributed by atoms with Crippen LogP contribution in [0, 0.1) is 5.41 Å². The second-order valence-corrected chi connectivity index (χ2v) is 5.31. The molecular weight excluding hydrogens is 250 g/mol. The second-order valence-electron chi connectivity index (χ2n) is 5.31. The Bertz CT molecular complexity index is 386. The van der Waals surface area contributed by atoms with Crippen LogP contribution in [0.1, 0.15) is 38.5 Å². The number of carbonyl (C=O) groups excluding carboxylic acids is 2. The van der Waals surface area contributed by atoms with Crippen LogP contribution < -0.4 is 0 Å². The topological polar surface area (TPSA) is 83.9 Å². The molecule has 1 heterocycles. The number of carbonyl (C=O) groups is 3. The fourth-order valence-corrected chi connectivity index (χ4v) is 3.02. The van der Waals surface area contributed by atoms with Crippen molar-refractivity contribution in [3.8, 4) is 0 Å². The molecule has 2 rings (SSSR count). The zero-order chi connectivity index (χ0) is 13.9. The van der Waals surface area contributed by atoms with Crippen molar-refractivity contribution in [2.45, 2.75) is 38.5 Å². The summed E-state index contributed by atoms with van der Waals surface area (Å²) in [4.78, 5) is 35.8. The van der Waals surface area contributed by atoms with E-state index >= 15 is 0 Å². The summed E-state index contributed by atoms with van der Waals surface area (Å²) in [7, 11) is 0. The average molecular weight is 269 g/mol. The van der Waals surface area contributed by atoms with E-state index in [9.17, 15) is 14.4 Å². The molecule has 1 N–H and O–H groups in total. The first kappa shape index (κ1) is 14.0. The number of nitrogens with zero attached hydrogens (tertiary/aromatic N) is 1. The molecule has 6 heteroatoms. The highest BCUT2D eigenvalue weighted by Gasteiger charge is 2.51. The summed E-state index contributed by atoms with van der Waals surface area (Å²) in [6, 6.07) is 0. The lowest BCUT2D eigenvalue weighted by Gasteiger charge is -2.30. The van der Waals surface area contributed by atoms with E-state index in [1.54, 1.807) is 0 Å². The molecule has 106 valence electrons. The van der Waals surface area contributed by atoms with E-state index in [4.69, 9.17) is 9.84 Å². The number of amides is 2. The molecule has 0 atom stereocenters. The summed E-state index contributed by atoms with van der Waals surface area (Å²) in [6.07, 6.45) is 5.04. The zero-order valence-corrected chi connectivity index (χ0v) is 10.9. The molecule has 19 heavy (non-hydrogen) atoms. The van der Waals surface area contributed by atoms with Gasteiger partial charge in [-0.1, -0.05) is 19.3 Å². The molecule has 1 aliphatic carbocycles. The minimum absolute atomic E-state index is 0.0832. The van der Waals surface area contributed by atoms with Gasteiger partial charge in [0.2, 0.25) is 11.8 Å². The molecule has 2 amide bonds. The van der Waals surface area contributed by atoms with Gasteiger partial charge in [-0.15, -0.1) is 0 Å². The van der Waals surface area contributed by atoms with E-state index in [0.29, 0.717) is 6.42 Å². The number of ether oxygens (including phenoxy) is 1. The quantitative estimate of drug-likeness (QED) is 0.589. The highest BCUT2D eigenvalue weighted by atomic mass is 16.5. The maximum Gasteiger partial charge on any atom is 0.329 e. The Morgan fingerprint density at radius 1 is 1.26 bits per heavy atom. The molecule has 2 fully saturated rings. The van der Waals surface area contributed by atoms with Crippen molar-refractivity contribution in [2.24, 2.45) is 5.41 Å². The normalized spacial score (nSPS) is 22.2. The number of imide groups is 1. The number of aliphatic carboxylic acids is 1. The number of likely N-dealkylation sites (tertiary alicyclic amines) is 1. The summed E-state index contributed by atoms with van der Waals surface area (Å²) in [5, 5.41) is 8.44. The lowest BCUT2D eigenvalue weighted by atomic mass is 9.73. The van der Waals surface area contributed by atoms with Crippen molar-refractivity contribution >= 4 is 17.8 Å². The molecule has 1 aliphatic heterocycles. The Hall–Kier alpha value is -1.43. The van der Waals surface area contributed by atoms with E-state index in [2.05, 4.69) is 0 Å². The van der Waals surface area contributed by atoms with Crippen molar-refractivity contribution in [3.63, 3.8) is 0 Å². The first-order chi connectivity index (χ1) is 9.05. The molecule has 0 aromatic carbocycles. The minimum atomic E-state index is -1.05. The van der Waals surface area contributed by atoms with Crippen LogP contribution in [0.15, 0.2) is 0 Å². The third-order valence-corrected chi connectivity index (χ3v) is 3.98. The Morgan fingerprint density at radius 3 is 2.58 bits per heavy atom. The van der Waals surface area contributed by atoms with E-state index in [1.165, 1.54) is 4.90 Å². The van der Waals surface area contributed by atoms with Gasteiger partial charge >= 0.3 is 5.97 Å². The summed E-state index contributed by atoms with van der Waals surface area (Å²) in [5.74, 6) is -1.29. The highest BCUT2D eigenvalue weighted by Crippen LogP contribution is 2.45. The van der Waals surface area contributed by atoms with Gasteiger partial charge in [-0.2, -0.15) is 0 Å². The van der Waals surface area contributed by atoms with Crippen LogP contribution in [0.3, 0.4) is 0 Å². The van der Waals surface area contributed by atoms with Crippen molar-refractivity contribution < 1.29 is 24.2 Å². The Kier molecular flexibility index (Phi) is 4.19. The molecule has 0 radical (unpaired) electrons. The maximum atomic E-state index is 12.4. The van der Waals surface area contributed by atoms with Gasteiger partial charge < -0.3 is 9.84 Å². The lowest BCUT2D eigenvalue weighted by molar-refractivity contribution is -0.144. The smallest absolute Gasteiger partial charge is 0.329 e. The predicted octanol–water partition coefficient (Wildman–Crippen LogP) is 0.797. The number of hydrogen-bond acceptors (Lipinski definition) is 4. The van der Waals surface area contributed by atoms with Crippen molar-refractivity contribution in [3.05, 3.63) is 0 Å². The summed E-state index contributed by atoms with van der Waals surface area (Å²) < 4.78 is 4.88. The molecule has 0 aromatic rings. The molecule has 1 saturated heterocycles. The van der Waals surface area contributed by atoms with Crippen LogP contribution in [-0.2, 0) is 19.1 Å². The summed E-state index contributed by atoms with van der Waals surface area (Å²) in [6.45, 7) is -0.159. The van der Waals surface area contributed by atoms with Crippen LogP contribution >= 0.6 is 0 Å². The van der Waals surface area contributed by atoms with Crippen LogP contribution in [-0.4, -0.2) is 47.5 Å². The van der Waals surface area contributed by atoms with Gasteiger partial charge in [0.15, 0.2) is 0 Å². The zero-order valence-electron chi connectivity index (χ0n) is 10.9. The average Bonchev–Trinajstić information content (AvgIpc) is 2.59. The number of carboxylic acids is 1. The van der Waals surface area contributed by atoms with Crippen LogP contribution in [0.4, 0.5) is 0 Å². The molecule has 1 saturated carbocycles. The second kappa shape index (κ2) is 5.69. The SMILES string of the molecule is O=C(O)COCCN1C(=O)CC2(CCCCC2)C1=O. The number of carboxylic acid groups (broad SMARTS) is 1. The molecule has 0 aromatic heterocycles. The van der Waals surface area contributed by atoms with E-state index in [-0.39, 0.29) is 25.0 Å². The Labute approximate surface area is 111 Å². The standard InChI is InChI=1S/C13H19NO5/c15-10-8-13(4-2-1-3-5-13)12(18)14(10)6-7-19-9-11(16)17/h1-9H2,(H,16,17). The van der Waals surface area contributed by atoms with Crippen molar-refractivity contribution in [1.82, 2.24) is 4.90 Å². The monoisotopic (exact) mass is 269 g/mol. The maximum absolute atomic E-state index is 12.4. The van der Waals surface area contributed by atoms with E-state index < -0.39 is 18.0 Å². The van der Waals surface area contributed by atoms with E-state index in [0.717, 1.165) is 32.1 Å². The highest BCUT2D eigenvalue weighted by molar-refractivity contribution is 6.05.